The summed E-state index contributed by atoms with van der Waals surface area (Å²) in [5.74, 6) is 0. The van der Waals surface area contributed by atoms with Gasteiger partial charge < -0.3 is 9.32 Å². The molecule has 3 nitrogen and oxygen atoms in total. The second-order valence-electron chi connectivity index (χ2n) is 3.63. The largest absolute Gasteiger partial charge is 0.461 e. The molecule has 2 heterocycles. The Kier molecular flexibility index (Phi) is 2.66. The maximum Gasteiger partial charge on any atom is 0.173 e. The molecular weight excluding hydrogens is 164 g/mol. The number of likely N-dealkylation sites (N-methyl/N-ethyl adjacent to an activating group) is 1. The van der Waals surface area contributed by atoms with E-state index in [2.05, 4.69) is 23.1 Å². The van der Waals surface area contributed by atoms with Gasteiger partial charge in [0.15, 0.2) is 6.26 Å². The topological polar surface area (TPSA) is 19.6 Å². The lowest BCUT2D eigenvalue weighted by Crippen LogP contribution is -2.43. The molecule has 2 rings (SSSR count). The van der Waals surface area contributed by atoms with Crippen LogP contribution in [0.1, 0.15) is 5.56 Å². The number of hydrogen-bond acceptors (Lipinski definition) is 3. The minimum Gasteiger partial charge on any atom is -0.461 e. The van der Waals surface area contributed by atoms with Crippen LogP contribution in [0.15, 0.2) is 16.7 Å². The molecule has 1 fully saturated rings. The zero-order valence-corrected chi connectivity index (χ0v) is 7.99. The molecule has 0 aliphatic carbocycles. The second-order valence-corrected chi connectivity index (χ2v) is 3.63. The van der Waals surface area contributed by atoms with E-state index in [1.807, 2.05) is 6.07 Å². The van der Waals surface area contributed by atoms with Crippen molar-refractivity contribution < 1.29 is 4.42 Å². The van der Waals surface area contributed by atoms with Crippen LogP contribution < -0.4 is 0 Å². The van der Waals surface area contributed by atoms with Crippen LogP contribution in [-0.4, -0.2) is 43.0 Å². The van der Waals surface area contributed by atoms with Crippen LogP contribution in [0.4, 0.5) is 0 Å². The first-order chi connectivity index (χ1) is 6.34. The van der Waals surface area contributed by atoms with Crippen molar-refractivity contribution in [3.8, 4) is 0 Å². The third-order valence-corrected chi connectivity index (χ3v) is 2.52. The lowest BCUT2D eigenvalue weighted by atomic mass is 10.2. The highest BCUT2D eigenvalue weighted by molar-refractivity contribution is 5.03. The summed E-state index contributed by atoms with van der Waals surface area (Å²) in [5.41, 5.74) is 1.16. The fraction of sp³-hybridized carbons (Fsp3) is 0.600. The number of hydrogen-bond donors (Lipinski definition) is 0. The van der Waals surface area contributed by atoms with E-state index in [0.717, 1.165) is 38.3 Å². The zero-order valence-electron chi connectivity index (χ0n) is 7.99. The van der Waals surface area contributed by atoms with Gasteiger partial charge in [0.05, 0.1) is 6.26 Å². The fourth-order valence-electron chi connectivity index (χ4n) is 1.59. The van der Waals surface area contributed by atoms with Gasteiger partial charge in [-0.1, -0.05) is 0 Å². The Bertz CT molecular complexity index is 237. The molecule has 0 atom stereocenters. The normalized spacial score (nSPS) is 20.7. The summed E-state index contributed by atoms with van der Waals surface area (Å²) < 4.78 is 4.92. The Morgan fingerprint density at radius 3 is 2.77 bits per heavy atom. The van der Waals surface area contributed by atoms with E-state index in [0.29, 0.717) is 0 Å². The first kappa shape index (κ1) is 8.78. The predicted molar refractivity (Wildman–Crippen MR) is 50.3 cm³/mol. The predicted octanol–water partition coefficient (Wildman–Crippen LogP) is 0.827. The van der Waals surface area contributed by atoms with Gasteiger partial charge >= 0.3 is 0 Å². The molecule has 1 aromatic heterocycles. The van der Waals surface area contributed by atoms with Gasteiger partial charge in [0, 0.05) is 38.3 Å². The van der Waals surface area contributed by atoms with E-state index in [1.165, 1.54) is 0 Å². The third-order valence-electron chi connectivity index (χ3n) is 2.52. The maximum absolute atomic E-state index is 4.92. The van der Waals surface area contributed by atoms with Crippen molar-refractivity contribution in [2.75, 3.05) is 33.2 Å². The summed E-state index contributed by atoms with van der Waals surface area (Å²) in [6.45, 7) is 5.60. The first-order valence-electron chi connectivity index (χ1n) is 4.69. The molecule has 1 aliphatic rings. The van der Waals surface area contributed by atoms with Crippen LogP contribution >= 0.6 is 0 Å². The van der Waals surface area contributed by atoms with E-state index >= 15 is 0 Å². The van der Waals surface area contributed by atoms with Gasteiger partial charge in [-0.2, -0.15) is 0 Å². The van der Waals surface area contributed by atoms with Gasteiger partial charge in [-0.15, -0.1) is 0 Å². The van der Waals surface area contributed by atoms with Crippen molar-refractivity contribution in [3.05, 3.63) is 24.2 Å². The van der Waals surface area contributed by atoms with Crippen LogP contribution in [0.2, 0.25) is 0 Å². The molecule has 1 aromatic rings. The summed E-state index contributed by atoms with van der Waals surface area (Å²) in [5, 5.41) is 0. The highest BCUT2D eigenvalue weighted by atomic mass is 16.3. The van der Waals surface area contributed by atoms with Gasteiger partial charge in [-0.05, 0) is 13.1 Å². The molecule has 0 N–H and O–H groups in total. The van der Waals surface area contributed by atoms with Gasteiger partial charge in [0.2, 0.25) is 0 Å². The Hall–Kier alpha value is -0.800. The smallest absolute Gasteiger partial charge is 0.173 e. The molecule has 0 spiro atoms. The van der Waals surface area contributed by atoms with E-state index < -0.39 is 0 Å². The van der Waals surface area contributed by atoms with E-state index in [9.17, 15) is 0 Å². The molecular formula is C10H15N2O. The summed E-state index contributed by atoms with van der Waals surface area (Å²) in [6.07, 6.45) is 4.55. The van der Waals surface area contributed by atoms with Crippen molar-refractivity contribution in [2.24, 2.45) is 0 Å². The summed E-state index contributed by atoms with van der Waals surface area (Å²) in [6, 6.07) is 1.98. The number of nitrogens with zero attached hydrogens (tertiary/aromatic N) is 2. The van der Waals surface area contributed by atoms with Crippen LogP contribution in [0.5, 0.6) is 0 Å². The summed E-state index contributed by atoms with van der Waals surface area (Å²) in [4.78, 5) is 4.79. The zero-order chi connectivity index (χ0) is 9.10. The quantitative estimate of drug-likeness (QED) is 0.670. The molecule has 0 bridgehead atoms. The van der Waals surface area contributed by atoms with E-state index in [-0.39, 0.29) is 0 Å². The van der Waals surface area contributed by atoms with Crippen LogP contribution in [0, 0.1) is 6.26 Å². The van der Waals surface area contributed by atoms with Crippen molar-refractivity contribution in [1.82, 2.24) is 9.80 Å². The molecule has 13 heavy (non-hydrogen) atoms. The van der Waals surface area contributed by atoms with Crippen molar-refractivity contribution in [2.45, 2.75) is 6.54 Å². The minimum absolute atomic E-state index is 0.977. The highest BCUT2D eigenvalue weighted by Gasteiger charge is 2.13. The summed E-state index contributed by atoms with van der Waals surface area (Å²) in [7, 11) is 2.17. The third kappa shape index (κ3) is 2.32. The fourth-order valence-corrected chi connectivity index (χ4v) is 1.59. The average molecular weight is 179 g/mol. The summed E-state index contributed by atoms with van der Waals surface area (Å²) >= 11 is 0. The van der Waals surface area contributed by atoms with Crippen LogP contribution in [-0.2, 0) is 6.54 Å². The molecule has 0 amide bonds. The van der Waals surface area contributed by atoms with Crippen molar-refractivity contribution >= 4 is 0 Å². The number of piperazine rings is 1. The second kappa shape index (κ2) is 3.94. The van der Waals surface area contributed by atoms with Gasteiger partial charge in [-0.25, -0.2) is 0 Å². The van der Waals surface area contributed by atoms with Gasteiger partial charge in [-0.3, -0.25) is 4.90 Å². The maximum atomic E-state index is 4.92. The van der Waals surface area contributed by atoms with Crippen LogP contribution in [0.25, 0.3) is 0 Å². The van der Waals surface area contributed by atoms with E-state index in [4.69, 9.17) is 4.42 Å². The Labute approximate surface area is 78.9 Å². The first-order valence-corrected chi connectivity index (χ1v) is 4.69. The standard InChI is InChI=1S/C10H15N2O/c1-11-3-5-12(6-4-11)8-10-2-7-13-9-10/h2,7H,3-6,8H2,1H3. The Morgan fingerprint density at radius 2 is 2.15 bits per heavy atom. The monoisotopic (exact) mass is 179 g/mol. The minimum atomic E-state index is 0.977. The van der Waals surface area contributed by atoms with Gasteiger partial charge in [0.1, 0.15) is 0 Å². The number of rotatable bonds is 2. The van der Waals surface area contributed by atoms with Crippen LogP contribution in [0.3, 0.4) is 0 Å². The van der Waals surface area contributed by atoms with Crippen molar-refractivity contribution in [3.63, 3.8) is 0 Å². The molecule has 0 saturated carbocycles. The van der Waals surface area contributed by atoms with Gasteiger partial charge in [0.25, 0.3) is 0 Å². The lowest BCUT2D eigenvalue weighted by molar-refractivity contribution is 0.148. The Balaban J connectivity index is 1.83. The molecule has 1 aliphatic heterocycles. The number of furan rings is 1. The molecule has 1 saturated heterocycles. The average Bonchev–Trinajstić information content (AvgIpc) is 2.62. The molecule has 3 heteroatoms. The molecule has 71 valence electrons. The molecule has 0 aromatic carbocycles. The lowest BCUT2D eigenvalue weighted by Gasteiger charge is -2.31. The molecule has 1 radical (unpaired) electrons. The SMILES string of the molecule is CN1CCN(Cc2[c]occ2)CC1. The Morgan fingerprint density at radius 1 is 1.38 bits per heavy atom. The highest BCUT2D eigenvalue weighted by Crippen LogP contribution is 2.06. The molecule has 0 unspecified atom stereocenters. The van der Waals surface area contributed by atoms with Crippen molar-refractivity contribution in [1.29, 1.82) is 0 Å². The van der Waals surface area contributed by atoms with E-state index in [1.54, 1.807) is 6.26 Å².